The minimum atomic E-state index is -3.92. The van der Waals surface area contributed by atoms with Crippen molar-refractivity contribution in [2.75, 3.05) is 19.0 Å². The van der Waals surface area contributed by atoms with Crippen LogP contribution < -0.4 is 10.1 Å². The molecule has 0 saturated carbocycles. The fourth-order valence-corrected chi connectivity index (χ4v) is 5.29. The summed E-state index contributed by atoms with van der Waals surface area (Å²) in [6.45, 7) is -0.260. The van der Waals surface area contributed by atoms with E-state index in [9.17, 15) is 22.4 Å². The number of anilines is 1. The minimum Gasteiger partial charge on any atom is -0.494 e. The average Bonchev–Trinajstić information content (AvgIpc) is 2.97. The number of methoxy groups -OCH3 is 1. The van der Waals surface area contributed by atoms with E-state index in [1.165, 1.54) is 47.8 Å². The van der Waals surface area contributed by atoms with E-state index < -0.39 is 34.3 Å². The number of ketones is 1. The molecule has 0 spiro atoms. The molecule has 0 radical (unpaired) electrons. The summed E-state index contributed by atoms with van der Waals surface area (Å²) in [5.74, 6) is -1.19. The van der Waals surface area contributed by atoms with Gasteiger partial charge in [-0.2, -0.15) is 4.31 Å². The summed E-state index contributed by atoms with van der Waals surface area (Å²) in [6.07, 6.45) is -0.949. The summed E-state index contributed by atoms with van der Waals surface area (Å²) < 4.78 is 52.2. The van der Waals surface area contributed by atoms with Gasteiger partial charge in [-0.25, -0.2) is 17.6 Å². The van der Waals surface area contributed by atoms with Gasteiger partial charge in [0.2, 0.25) is 10.0 Å². The van der Waals surface area contributed by atoms with Crippen LogP contribution in [0.15, 0.2) is 108 Å². The molecular formula is C30H27FN2O6S. The number of carbonyl (C=O) groups excluding carboxylic acids is 2. The molecule has 4 aromatic rings. The van der Waals surface area contributed by atoms with E-state index in [-0.39, 0.29) is 35.0 Å². The average molecular weight is 563 g/mol. The summed E-state index contributed by atoms with van der Waals surface area (Å²) in [6, 6.07) is 27.8. The van der Waals surface area contributed by atoms with Crippen molar-refractivity contribution in [3.63, 3.8) is 0 Å². The Morgan fingerprint density at radius 3 is 1.93 bits per heavy atom. The third-order valence-corrected chi connectivity index (χ3v) is 7.76. The first kappa shape index (κ1) is 28.5. The molecule has 40 heavy (non-hydrogen) atoms. The highest BCUT2D eigenvalue weighted by atomic mass is 32.2. The van der Waals surface area contributed by atoms with Gasteiger partial charge in [0, 0.05) is 30.4 Å². The van der Waals surface area contributed by atoms with Crippen LogP contribution in [0.5, 0.6) is 5.75 Å². The third-order valence-electron chi connectivity index (χ3n) is 5.95. The van der Waals surface area contributed by atoms with Crippen molar-refractivity contribution in [2.24, 2.45) is 0 Å². The fraction of sp³-hybridized carbons (Fsp3) is 0.133. The number of halogens is 1. The lowest BCUT2D eigenvalue weighted by Crippen LogP contribution is -2.30. The Labute approximate surface area is 232 Å². The molecule has 0 heterocycles. The quantitative estimate of drug-likeness (QED) is 0.237. The van der Waals surface area contributed by atoms with Crippen LogP contribution in [0.25, 0.3) is 0 Å². The fourth-order valence-electron chi connectivity index (χ4n) is 3.87. The number of benzene rings is 4. The highest BCUT2D eigenvalue weighted by molar-refractivity contribution is 7.89. The second-order valence-corrected chi connectivity index (χ2v) is 10.7. The van der Waals surface area contributed by atoms with Gasteiger partial charge in [-0.15, -0.1) is 0 Å². The predicted molar refractivity (Wildman–Crippen MR) is 148 cm³/mol. The molecule has 0 aromatic heterocycles. The number of hydrogen-bond donors (Lipinski definition) is 1. The van der Waals surface area contributed by atoms with Gasteiger partial charge < -0.3 is 9.47 Å². The Morgan fingerprint density at radius 1 is 0.825 bits per heavy atom. The van der Waals surface area contributed by atoms with Gasteiger partial charge in [-0.1, -0.05) is 60.7 Å². The summed E-state index contributed by atoms with van der Waals surface area (Å²) in [5.41, 5.74) is 1.96. The maximum absolute atomic E-state index is 13.8. The Balaban J connectivity index is 1.42. The van der Waals surface area contributed by atoms with Crippen molar-refractivity contribution in [1.82, 2.24) is 4.31 Å². The van der Waals surface area contributed by atoms with Crippen LogP contribution in [0.1, 0.15) is 21.5 Å². The minimum absolute atomic E-state index is 0.0165. The van der Waals surface area contributed by atoms with Crippen molar-refractivity contribution < 1.29 is 31.9 Å². The standard InChI is InChI=1S/C30H27FN2O6S/c1-38-29-17-14-25(18-27(29)31)32-30(35)39-21-28(34)24-12-15-26(16-13-24)40(36,37)33(19-22-8-4-2-5-9-22)20-23-10-6-3-7-11-23/h2-18H,19-21H2,1H3,(H,32,35). The van der Waals surface area contributed by atoms with Crippen LogP contribution in [0.4, 0.5) is 14.9 Å². The molecule has 0 atom stereocenters. The monoisotopic (exact) mass is 562 g/mol. The van der Waals surface area contributed by atoms with Gasteiger partial charge in [-0.3, -0.25) is 10.1 Å². The topological polar surface area (TPSA) is 102 Å². The zero-order valence-electron chi connectivity index (χ0n) is 21.6. The van der Waals surface area contributed by atoms with E-state index in [1.54, 1.807) is 0 Å². The van der Waals surface area contributed by atoms with Gasteiger partial charge in [0.25, 0.3) is 0 Å². The maximum Gasteiger partial charge on any atom is 0.412 e. The van der Waals surface area contributed by atoms with Gasteiger partial charge in [0.05, 0.1) is 12.0 Å². The Bertz CT molecular complexity index is 1520. The number of hydrogen-bond acceptors (Lipinski definition) is 6. The summed E-state index contributed by atoms with van der Waals surface area (Å²) in [5, 5.41) is 2.33. The van der Waals surface area contributed by atoms with E-state index in [2.05, 4.69) is 5.32 Å². The van der Waals surface area contributed by atoms with Gasteiger partial charge in [-0.05, 0) is 47.5 Å². The van der Waals surface area contributed by atoms with Crippen LogP contribution in [0.3, 0.4) is 0 Å². The molecule has 0 saturated heterocycles. The largest absolute Gasteiger partial charge is 0.494 e. The third kappa shape index (κ3) is 7.31. The number of rotatable bonds is 11. The number of sulfonamides is 1. The first-order chi connectivity index (χ1) is 19.3. The van der Waals surface area contributed by atoms with Crippen molar-refractivity contribution in [3.8, 4) is 5.75 Å². The first-order valence-corrected chi connectivity index (χ1v) is 13.7. The van der Waals surface area contributed by atoms with Crippen molar-refractivity contribution in [3.05, 3.63) is 126 Å². The van der Waals surface area contributed by atoms with Crippen molar-refractivity contribution in [2.45, 2.75) is 18.0 Å². The second-order valence-electron chi connectivity index (χ2n) is 8.74. The summed E-state index contributed by atoms with van der Waals surface area (Å²) in [4.78, 5) is 24.6. The predicted octanol–water partition coefficient (Wildman–Crippen LogP) is 5.66. The van der Waals surface area contributed by atoms with E-state index in [4.69, 9.17) is 9.47 Å². The Morgan fingerprint density at radius 2 is 1.40 bits per heavy atom. The first-order valence-electron chi connectivity index (χ1n) is 12.2. The second kappa shape index (κ2) is 13.0. The maximum atomic E-state index is 13.8. The van der Waals surface area contributed by atoms with Crippen LogP contribution in [0.2, 0.25) is 0 Å². The molecule has 0 aliphatic rings. The molecule has 0 aliphatic heterocycles. The molecule has 10 heteroatoms. The molecule has 0 fully saturated rings. The molecule has 206 valence electrons. The molecule has 1 N–H and O–H groups in total. The van der Waals surface area contributed by atoms with Gasteiger partial charge in [0.15, 0.2) is 24.0 Å². The molecular weight excluding hydrogens is 535 g/mol. The van der Waals surface area contributed by atoms with E-state index >= 15 is 0 Å². The van der Waals surface area contributed by atoms with Crippen LogP contribution in [-0.2, 0) is 27.8 Å². The number of Topliss-reactive ketones (excluding diaryl/α,β-unsaturated/α-hetero) is 1. The summed E-state index contributed by atoms with van der Waals surface area (Å²) >= 11 is 0. The zero-order chi connectivity index (χ0) is 28.5. The van der Waals surface area contributed by atoms with Gasteiger partial charge in [0.1, 0.15) is 0 Å². The van der Waals surface area contributed by atoms with E-state index in [0.717, 1.165) is 17.2 Å². The smallest absolute Gasteiger partial charge is 0.412 e. The van der Waals surface area contributed by atoms with E-state index in [1.807, 2.05) is 60.7 Å². The molecule has 0 aliphatic carbocycles. The number of ether oxygens (including phenoxy) is 2. The zero-order valence-corrected chi connectivity index (χ0v) is 22.4. The van der Waals surface area contributed by atoms with Crippen LogP contribution in [0, 0.1) is 5.82 Å². The van der Waals surface area contributed by atoms with Crippen molar-refractivity contribution in [1.29, 1.82) is 0 Å². The normalized spacial score (nSPS) is 11.2. The van der Waals surface area contributed by atoms with Crippen molar-refractivity contribution >= 4 is 27.6 Å². The van der Waals surface area contributed by atoms with E-state index in [0.29, 0.717) is 0 Å². The summed E-state index contributed by atoms with van der Waals surface area (Å²) in [7, 11) is -2.60. The molecule has 0 bridgehead atoms. The van der Waals surface area contributed by atoms with Crippen LogP contribution in [-0.4, -0.2) is 38.3 Å². The number of nitrogens with one attached hydrogen (secondary N) is 1. The number of amides is 1. The molecule has 1 amide bonds. The Hall–Kier alpha value is -4.54. The molecule has 0 unspecified atom stereocenters. The number of nitrogens with zero attached hydrogens (tertiary/aromatic N) is 1. The van der Waals surface area contributed by atoms with Gasteiger partial charge >= 0.3 is 6.09 Å². The lowest BCUT2D eigenvalue weighted by atomic mass is 10.1. The Kier molecular flexibility index (Phi) is 9.26. The molecule has 4 aromatic carbocycles. The highest BCUT2D eigenvalue weighted by Gasteiger charge is 2.25. The molecule has 4 rings (SSSR count). The number of carbonyl (C=O) groups is 2. The SMILES string of the molecule is COc1ccc(NC(=O)OCC(=O)c2ccc(S(=O)(=O)N(Cc3ccccc3)Cc3ccccc3)cc2)cc1F. The highest BCUT2D eigenvalue weighted by Crippen LogP contribution is 2.23. The van der Waals surface area contributed by atoms with Crippen LogP contribution >= 0.6 is 0 Å². The lowest BCUT2D eigenvalue weighted by molar-refractivity contribution is 0.0863. The molecule has 8 nitrogen and oxygen atoms in total. The lowest BCUT2D eigenvalue weighted by Gasteiger charge is -2.23.